The summed E-state index contributed by atoms with van der Waals surface area (Å²) in [4.78, 5) is 23.7. The summed E-state index contributed by atoms with van der Waals surface area (Å²) in [5.41, 5.74) is -0.390. The topological polar surface area (TPSA) is 67.2 Å². The van der Waals surface area contributed by atoms with E-state index in [1.807, 2.05) is 0 Å². The van der Waals surface area contributed by atoms with Crippen molar-refractivity contribution in [1.82, 2.24) is 24.6 Å². The third kappa shape index (κ3) is 2.99. The number of alkyl halides is 3. The second-order valence-corrected chi connectivity index (χ2v) is 6.78. The van der Waals surface area contributed by atoms with Gasteiger partial charge in [-0.2, -0.15) is 18.3 Å². The van der Waals surface area contributed by atoms with Crippen molar-refractivity contribution in [3.63, 3.8) is 0 Å². The molecular formula is C16H17F3N6O. The monoisotopic (exact) mass is 366 g/mol. The van der Waals surface area contributed by atoms with Crippen molar-refractivity contribution < 1.29 is 18.0 Å². The molecule has 0 bridgehead atoms. The average molecular weight is 366 g/mol. The van der Waals surface area contributed by atoms with Crippen molar-refractivity contribution >= 4 is 11.9 Å². The zero-order valence-electron chi connectivity index (χ0n) is 14.0. The highest BCUT2D eigenvalue weighted by atomic mass is 19.4. The smallest absolute Gasteiger partial charge is 0.340 e. The Morgan fingerprint density at radius 2 is 1.88 bits per heavy atom. The fourth-order valence-corrected chi connectivity index (χ4v) is 3.70. The lowest BCUT2D eigenvalue weighted by Gasteiger charge is -2.21. The van der Waals surface area contributed by atoms with Gasteiger partial charge in [0.1, 0.15) is 5.69 Å². The van der Waals surface area contributed by atoms with Gasteiger partial charge in [0.25, 0.3) is 5.91 Å². The lowest BCUT2D eigenvalue weighted by Crippen LogP contribution is -2.33. The minimum atomic E-state index is -4.49. The summed E-state index contributed by atoms with van der Waals surface area (Å²) in [6.45, 7) is 2.24. The number of amides is 1. The van der Waals surface area contributed by atoms with Crippen LogP contribution in [-0.4, -0.2) is 56.7 Å². The van der Waals surface area contributed by atoms with Crippen LogP contribution in [0.5, 0.6) is 0 Å². The molecule has 0 N–H and O–H groups in total. The minimum Gasteiger partial charge on any atom is -0.340 e. The molecule has 4 heterocycles. The quantitative estimate of drug-likeness (QED) is 0.805. The SMILES string of the molecule is Cn1cc(C(=O)N2CC3CN(c4nccc(C(F)(F)F)n4)CC3C2)cn1. The predicted molar refractivity (Wildman–Crippen MR) is 85.3 cm³/mol. The Hall–Kier alpha value is -2.65. The lowest BCUT2D eigenvalue weighted by atomic mass is 10.0. The first-order chi connectivity index (χ1) is 12.3. The summed E-state index contributed by atoms with van der Waals surface area (Å²) in [5.74, 6) is 0.441. The maximum Gasteiger partial charge on any atom is 0.433 e. The van der Waals surface area contributed by atoms with Gasteiger partial charge in [-0.05, 0) is 6.07 Å². The summed E-state index contributed by atoms with van der Waals surface area (Å²) >= 11 is 0. The number of hydrogen-bond acceptors (Lipinski definition) is 5. The standard InChI is InChI=1S/C16H17F3N6O/c1-23-5-10(4-21-23)14(26)24-6-11-8-25(9-12(11)7-24)15-20-3-2-13(22-15)16(17,18)19/h2-5,11-12H,6-9H2,1H3. The number of rotatable bonds is 2. The fourth-order valence-electron chi connectivity index (χ4n) is 3.70. The van der Waals surface area contributed by atoms with Crippen molar-refractivity contribution in [3.8, 4) is 0 Å². The Morgan fingerprint density at radius 3 is 2.46 bits per heavy atom. The van der Waals surface area contributed by atoms with E-state index in [0.717, 1.165) is 12.3 Å². The second kappa shape index (κ2) is 5.96. The van der Waals surface area contributed by atoms with E-state index in [9.17, 15) is 18.0 Å². The summed E-state index contributed by atoms with van der Waals surface area (Å²) in [7, 11) is 1.75. The lowest BCUT2D eigenvalue weighted by molar-refractivity contribution is -0.141. The third-order valence-corrected chi connectivity index (χ3v) is 4.94. The Morgan fingerprint density at radius 1 is 1.19 bits per heavy atom. The van der Waals surface area contributed by atoms with Crippen LogP contribution in [0.15, 0.2) is 24.7 Å². The molecule has 7 nitrogen and oxygen atoms in total. The van der Waals surface area contributed by atoms with Gasteiger partial charge < -0.3 is 9.80 Å². The van der Waals surface area contributed by atoms with Crippen LogP contribution >= 0.6 is 0 Å². The van der Waals surface area contributed by atoms with Crippen molar-refractivity contribution in [2.45, 2.75) is 6.18 Å². The highest BCUT2D eigenvalue weighted by Crippen LogP contribution is 2.34. The molecular weight excluding hydrogens is 349 g/mol. The zero-order valence-corrected chi connectivity index (χ0v) is 14.0. The predicted octanol–water partition coefficient (Wildman–Crippen LogP) is 1.44. The number of carbonyl (C=O) groups excluding carboxylic acids is 1. The molecule has 2 aliphatic rings. The van der Waals surface area contributed by atoms with Crippen LogP contribution < -0.4 is 4.90 Å². The highest BCUT2D eigenvalue weighted by molar-refractivity contribution is 5.94. The number of aromatic nitrogens is 4. The van der Waals surface area contributed by atoms with E-state index in [1.54, 1.807) is 33.9 Å². The summed E-state index contributed by atoms with van der Waals surface area (Å²) in [6, 6.07) is 0.870. The van der Waals surface area contributed by atoms with Gasteiger partial charge in [0.2, 0.25) is 5.95 Å². The van der Waals surface area contributed by atoms with E-state index in [2.05, 4.69) is 15.1 Å². The maximum absolute atomic E-state index is 12.8. The number of hydrogen-bond donors (Lipinski definition) is 0. The number of aryl methyl sites for hydroxylation is 1. The van der Waals surface area contributed by atoms with Gasteiger partial charge in [-0.1, -0.05) is 0 Å². The van der Waals surface area contributed by atoms with Gasteiger partial charge in [-0.3, -0.25) is 9.48 Å². The first-order valence-electron chi connectivity index (χ1n) is 8.24. The summed E-state index contributed by atoms with van der Waals surface area (Å²) in [6.07, 6.45) is -0.129. The number of likely N-dealkylation sites (tertiary alicyclic amines) is 1. The second-order valence-electron chi connectivity index (χ2n) is 6.78. The molecule has 0 spiro atoms. The number of carbonyl (C=O) groups is 1. The van der Waals surface area contributed by atoms with Crippen molar-refractivity contribution in [2.24, 2.45) is 18.9 Å². The van der Waals surface area contributed by atoms with Crippen LogP contribution in [0.2, 0.25) is 0 Å². The van der Waals surface area contributed by atoms with Crippen LogP contribution in [0.3, 0.4) is 0 Å². The van der Waals surface area contributed by atoms with Crippen LogP contribution in [0.4, 0.5) is 19.1 Å². The Kier molecular flexibility index (Phi) is 3.85. The van der Waals surface area contributed by atoms with Gasteiger partial charge in [-0.15, -0.1) is 0 Å². The molecule has 10 heteroatoms. The van der Waals surface area contributed by atoms with E-state index in [1.165, 1.54) is 0 Å². The molecule has 26 heavy (non-hydrogen) atoms. The van der Waals surface area contributed by atoms with Gasteiger partial charge in [0, 0.05) is 57.5 Å². The van der Waals surface area contributed by atoms with Crippen molar-refractivity contribution in [1.29, 1.82) is 0 Å². The van der Waals surface area contributed by atoms with Crippen LogP contribution in [0.1, 0.15) is 16.1 Å². The van der Waals surface area contributed by atoms with Gasteiger partial charge >= 0.3 is 6.18 Å². The van der Waals surface area contributed by atoms with E-state index < -0.39 is 11.9 Å². The first-order valence-corrected chi connectivity index (χ1v) is 8.24. The maximum atomic E-state index is 12.8. The van der Waals surface area contributed by atoms with E-state index in [4.69, 9.17) is 0 Å². The Balaban J connectivity index is 1.43. The third-order valence-electron chi connectivity index (χ3n) is 4.94. The number of halogens is 3. The minimum absolute atomic E-state index is 0.0608. The molecule has 138 valence electrons. The van der Waals surface area contributed by atoms with Crippen molar-refractivity contribution in [2.75, 3.05) is 31.1 Å². The first kappa shape index (κ1) is 16.8. The van der Waals surface area contributed by atoms with Gasteiger partial charge in [0.05, 0.1) is 11.8 Å². The van der Waals surface area contributed by atoms with Gasteiger partial charge in [-0.25, -0.2) is 9.97 Å². The summed E-state index contributed by atoms with van der Waals surface area (Å²) < 4.78 is 40.1. The molecule has 2 saturated heterocycles. The zero-order chi connectivity index (χ0) is 18.5. The normalized spacial score (nSPS) is 22.8. The molecule has 0 saturated carbocycles. The Labute approximate surface area is 147 Å². The van der Waals surface area contributed by atoms with Gasteiger partial charge in [0.15, 0.2) is 0 Å². The molecule has 2 fully saturated rings. The largest absolute Gasteiger partial charge is 0.433 e. The average Bonchev–Trinajstić information content (AvgIpc) is 3.27. The molecule has 1 amide bonds. The van der Waals surface area contributed by atoms with Crippen LogP contribution in [0.25, 0.3) is 0 Å². The van der Waals surface area contributed by atoms with Crippen LogP contribution in [0, 0.1) is 11.8 Å². The number of fused-ring (bicyclic) bond motifs is 1. The van der Waals surface area contributed by atoms with Crippen molar-refractivity contribution in [3.05, 3.63) is 35.9 Å². The molecule has 2 aromatic heterocycles. The molecule has 2 unspecified atom stereocenters. The Bertz CT molecular complexity index is 821. The molecule has 4 rings (SSSR count). The van der Waals surface area contributed by atoms with E-state index >= 15 is 0 Å². The molecule has 2 atom stereocenters. The van der Waals surface area contributed by atoms with E-state index in [-0.39, 0.29) is 23.7 Å². The van der Waals surface area contributed by atoms with E-state index in [0.29, 0.717) is 31.7 Å². The molecule has 2 aromatic rings. The molecule has 0 aliphatic carbocycles. The molecule has 2 aliphatic heterocycles. The van der Waals surface area contributed by atoms with Crippen LogP contribution in [-0.2, 0) is 13.2 Å². The summed E-state index contributed by atoms with van der Waals surface area (Å²) in [5, 5.41) is 4.01. The molecule has 0 aromatic carbocycles. The fraction of sp³-hybridized carbons (Fsp3) is 0.500. The number of nitrogens with zero attached hydrogens (tertiary/aromatic N) is 6. The highest BCUT2D eigenvalue weighted by Gasteiger charge is 2.43. The molecule has 0 radical (unpaired) electrons. The number of anilines is 1.